The van der Waals surface area contributed by atoms with Gasteiger partial charge in [0.25, 0.3) is 5.91 Å². The monoisotopic (exact) mass is 357 g/mol. The van der Waals surface area contributed by atoms with E-state index in [0.29, 0.717) is 18.7 Å². The zero-order chi connectivity index (χ0) is 16.4. The first kappa shape index (κ1) is 17.5. The first-order valence-corrected chi connectivity index (χ1v) is 8.17. The highest BCUT2D eigenvalue weighted by Gasteiger charge is 2.31. The Morgan fingerprint density at radius 3 is 2.96 bits per heavy atom. The second-order valence-electron chi connectivity index (χ2n) is 6.00. The second-order valence-corrected chi connectivity index (χ2v) is 6.00. The van der Waals surface area contributed by atoms with E-state index in [9.17, 15) is 4.79 Å². The molecule has 1 saturated heterocycles. The van der Waals surface area contributed by atoms with Crippen LogP contribution in [-0.2, 0) is 4.79 Å². The van der Waals surface area contributed by atoms with Crippen LogP contribution in [0.4, 0.5) is 0 Å². The summed E-state index contributed by atoms with van der Waals surface area (Å²) in [5.74, 6) is 0.873. The van der Waals surface area contributed by atoms with Crippen LogP contribution in [0.2, 0.25) is 0 Å². The van der Waals surface area contributed by atoms with Crippen molar-refractivity contribution in [3.63, 3.8) is 0 Å². The van der Waals surface area contributed by atoms with E-state index in [-0.39, 0.29) is 24.4 Å². The number of pyridine rings is 1. The van der Waals surface area contributed by atoms with Crippen molar-refractivity contribution in [1.82, 2.24) is 15.2 Å². The lowest BCUT2D eigenvalue weighted by Gasteiger charge is -2.37. The minimum atomic E-state index is -0.00183. The SMILES string of the molecule is Cl.O=C(C1=Cc2ccccc2OC1)N1CCNCC1c1cccnc1. The summed E-state index contributed by atoms with van der Waals surface area (Å²) in [6.45, 7) is 2.53. The molecule has 0 spiro atoms. The molecule has 0 radical (unpaired) electrons. The Balaban J connectivity index is 0.00000182. The molecular formula is C19H20ClN3O2. The third-order valence-corrected chi connectivity index (χ3v) is 4.48. The van der Waals surface area contributed by atoms with Crippen LogP contribution in [0.25, 0.3) is 6.08 Å². The molecule has 1 atom stereocenters. The molecule has 1 fully saturated rings. The summed E-state index contributed by atoms with van der Waals surface area (Å²) in [6, 6.07) is 11.7. The zero-order valence-electron chi connectivity index (χ0n) is 13.7. The molecule has 0 saturated carbocycles. The van der Waals surface area contributed by atoms with E-state index in [0.717, 1.165) is 30.0 Å². The first-order valence-electron chi connectivity index (χ1n) is 8.17. The fourth-order valence-electron chi connectivity index (χ4n) is 3.24. The van der Waals surface area contributed by atoms with Gasteiger partial charge < -0.3 is 15.0 Å². The number of hydrogen-bond donors (Lipinski definition) is 1. The Labute approximate surface area is 153 Å². The quantitative estimate of drug-likeness (QED) is 0.897. The molecule has 5 nitrogen and oxygen atoms in total. The van der Waals surface area contributed by atoms with Gasteiger partial charge in [-0.05, 0) is 23.8 Å². The molecule has 25 heavy (non-hydrogen) atoms. The highest BCUT2D eigenvalue weighted by Crippen LogP contribution is 2.29. The Morgan fingerprint density at radius 2 is 2.12 bits per heavy atom. The molecule has 2 aromatic rings. The summed E-state index contributed by atoms with van der Waals surface area (Å²) >= 11 is 0. The van der Waals surface area contributed by atoms with Gasteiger partial charge in [0.15, 0.2) is 0 Å². The van der Waals surface area contributed by atoms with E-state index in [1.165, 1.54) is 0 Å². The molecule has 0 bridgehead atoms. The molecule has 1 aromatic carbocycles. The number of para-hydroxylation sites is 1. The van der Waals surface area contributed by atoms with Crippen LogP contribution < -0.4 is 10.1 Å². The number of amides is 1. The third kappa shape index (κ3) is 3.52. The molecule has 0 aliphatic carbocycles. The van der Waals surface area contributed by atoms with E-state index >= 15 is 0 Å². The van der Waals surface area contributed by atoms with Crippen molar-refractivity contribution in [3.05, 3.63) is 65.5 Å². The number of aromatic nitrogens is 1. The maximum Gasteiger partial charge on any atom is 0.253 e. The molecule has 2 aliphatic heterocycles. The van der Waals surface area contributed by atoms with Crippen molar-refractivity contribution in [2.75, 3.05) is 26.2 Å². The highest BCUT2D eigenvalue weighted by molar-refractivity contribution is 5.99. The topological polar surface area (TPSA) is 54.5 Å². The fraction of sp³-hybridized carbons (Fsp3) is 0.263. The van der Waals surface area contributed by atoms with Crippen LogP contribution in [0.1, 0.15) is 17.2 Å². The number of halogens is 1. The largest absolute Gasteiger partial charge is 0.488 e. The molecule has 1 N–H and O–H groups in total. The van der Waals surface area contributed by atoms with Crippen molar-refractivity contribution >= 4 is 24.4 Å². The van der Waals surface area contributed by atoms with E-state index in [1.54, 1.807) is 6.20 Å². The van der Waals surface area contributed by atoms with Gasteiger partial charge in [-0.15, -0.1) is 12.4 Å². The number of nitrogens with one attached hydrogen (secondary N) is 1. The van der Waals surface area contributed by atoms with Crippen molar-refractivity contribution < 1.29 is 9.53 Å². The Bertz CT molecular complexity index is 779. The number of carbonyl (C=O) groups excluding carboxylic acids is 1. The maximum atomic E-state index is 13.1. The van der Waals surface area contributed by atoms with Gasteiger partial charge in [-0.2, -0.15) is 0 Å². The zero-order valence-corrected chi connectivity index (χ0v) is 14.5. The molecule has 2 aliphatic rings. The molecular weight excluding hydrogens is 338 g/mol. The van der Waals surface area contributed by atoms with Gasteiger partial charge in [-0.1, -0.05) is 24.3 Å². The summed E-state index contributed by atoms with van der Waals surface area (Å²) < 4.78 is 5.75. The smallest absolute Gasteiger partial charge is 0.253 e. The summed E-state index contributed by atoms with van der Waals surface area (Å²) in [5, 5.41) is 3.36. The fourth-order valence-corrected chi connectivity index (χ4v) is 3.24. The average Bonchev–Trinajstić information content (AvgIpc) is 2.68. The van der Waals surface area contributed by atoms with Gasteiger partial charge in [0.05, 0.1) is 11.6 Å². The Hall–Kier alpha value is -2.37. The lowest BCUT2D eigenvalue weighted by molar-refractivity contribution is -0.130. The van der Waals surface area contributed by atoms with Crippen molar-refractivity contribution in [2.24, 2.45) is 0 Å². The number of benzene rings is 1. The van der Waals surface area contributed by atoms with Crippen LogP contribution >= 0.6 is 12.4 Å². The van der Waals surface area contributed by atoms with Crippen LogP contribution in [0, 0.1) is 0 Å². The average molecular weight is 358 g/mol. The number of ether oxygens (including phenoxy) is 1. The van der Waals surface area contributed by atoms with E-state index in [1.807, 2.05) is 53.6 Å². The standard InChI is InChI=1S/C19H19N3O2.ClH/c23-19(16-10-14-4-1-2-6-18(14)24-13-16)22-9-8-21-12-17(22)15-5-3-7-20-11-15;/h1-7,10-11,17,21H,8-9,12-13H2;1H. The van der Waals surface area contributed by atoms with Crippen molar-refractivity contribution in [2.45, 2.75) is 6.04 Å². The molecule has 6 heteroatoms. The molecule has 1 unspecified atom stereocenters. The number of fused-ring (bicyclic) bond motifs is 1. The van der Waals surface area contributed by atoms with Crippen molar-refractivity contribution in [1.29, 1.82) is 0 Å². The summed E-state index contributed by atoms with van der Waals surface area (Å²) in [4.78, 5) is 19.2. The molecule has 1 aromatic heterocycles. The normalized spacial score (nSPS) is 19.1. The van der Waals surface area contributed by atoms with Gasteiger partial charge >= 0.3 is 0 Å². The number of nitrogens with zero attached hydrogens (tertiary/aromatic N) is 2. The number of rotatable bonds is 2. The number of hydrogen-bond acceptors (Lipinski definition) is 4. The van der Waals surface area contributed by atoms with E-state index < -0.39 is 0 Å². The lowest BCUT2D eigenvalue weighted by atomic mass is 10.0. The van der Waals surface area contributed by atoms with Crippen LogP contribution in [0.3, 0.4) is 0 Å². The minimum absolute atomic E-state index is 0. The predicted molar refractivity (Wildman–Crippen MR) is 98.7 cm³/mol. The van der Waals surface area contributed by atoms with E-state index in [2.05, 4.69) is 10.3 Å². The van der Waals surface area contributed by atoms with Crippen molar-refractivity contribution in [3.8, 4) is 5.75 Å². The predicted octanol–water partition coefficient (Wildman–Crippen LogP) is 2.45. The minimum Gasteiger partial charge on any atom is -0.488 e. The number of carbonyl (C=O) groups is 1. The van der Waals surface area contributed by atoms with Gasteiger partial charge in [-0.3, -0.25) is 9.78 Å². The maximum absolute atomic E-state index is 13.1. The van der Waals surface area contributed by atoms with Crippen LogP contribution in [0.5, 0.6) is 5.75 Å². The van der Waals surface area contributed by atoms with Gasteiger partial charge in [0.2, 0.25) is 0 Å². The third-order valence-electron chi connectivity index (χ3n) is 4.48. The highest BCUT2D eigenvalue weighted by atomic mass is 35.5. The Morgan fingerprint density at radius 1 is 1.24 bits per heavy atom. The molecule has 3 heterocycles. The molecule has 1 amide bonds. The summed E-state index contributed by atoms with van der Waals surface area (Å²) in [5.41, 5.74) is 2.71. The van der Waals surface area contributed by atoms with Gasteiger partial charge in [0, 0.05) is 37.6 Å². The Kier molecular flexibility index (Phi) is 5.36. The summed E-state index contributed by atoms with van der Waals surface area (Å²) in [6.07, 6.45) is 5.53. The van der Waals surface area contributed by atoms with Gasteiger partial charge in [0.1, 0.15) is 12.4 Å². The van der Waals surface area contributed by atoms with Gasteiger partial charge in [-0.25, -0.2) is 0 Å². The molecule has 4 rings (SSSR count). The van der Waals surface area contributed by atoms with Crippen LogP contribution in [0.15, 0.2) is 54.4 Å². The second kappa shape index (κ2) is 7.68. The van der Waals surface area contributed by atoms with Crippen LogP contribution in [-0.4, -0.2) is 42.0 Å². The summed E-state index contributed by atoms with van der Waals surface area (Å²) in [7, 11) is 0. The molecule has 130 valence electrons. The number of piperazine rings is 1. The lowest BCUT2D eigenvalue weighted by Crippen LogP contribution is -2.49. The first-order chi connectivity index (χ1) is 11.8. The van der Waals surface area contributed by atoms with E-state index in [4.69, 9.17) is 4.74 Å².